The minimum Gasteiger partial charge on any atom is -0.357 e. The average Bonchev–Trinajstić information content (AvgIpc) is 3.06. The number of amides is 3. The second-order valence-electron chi connectivity index (χ2n) is 8.20. The van der Waals surface area contributed by atoms with Gasteiger partial charge in [-0.05, 0) is 31.4 Å². The molecule has 166 valence electrons. The molecular formula is C22H30N6O3. The van der Waals surface area contributed by atoms with Crippen LogP contribution in [0.15, 0.2) is 28.9 Å². The number of nitrogens with one attached hydrogen (secondary N) is 1. The summed E-state index contributed by atoms with van der Waals surface area (Å²) in [5.41, 5.74) is 1.65. The topological polar surface area (TPSA) is 94.8 Å². The van der Waals surface area contributed by atoms with E-state index in [-0.39, 0.29) is 17.7 Å². The van der Waals surface area contributed by atoms with Gasteiger partial charge in [-0.15, -0.1) is 0 Å². The lowest BCUT2D eigenvalue weighted by atomic mass is 10.2. The number of pyridine rings is 1. The third-order valence-electron chi connectivity index (χ3n) is 5.88. The van der Waals surface area contributed by atoms with Gasteiger partial charge in [-0.3, -0.25) is 4.79 Å². The van der Waals surface area contributed by atoms with E-state index in [1.807, 2.05) is 18.3 Å². The van der Waals surface area contributed by atoms with Crippen molar-refractivity contribution >= 4 is 17.8 Å². The van der Waals surface area contributed by atoms with Crippen LogP contribution in [0.3, 0.4) is 0 Å². The quantitative estimate of drug-likeness (QED) is 0.807. The maximum absolute atomic E-state index is 12.5. The van der Waals surface area contributed by atoms with Gasteiger partial charge in [0.2, 0.25) is 5.76 Å². The molecule has 2 fully saturated rings. The molecule has 3 amide bonds. The summed E-state index contributed by atoms with van der Waals surface area (Å²) in [6.07, 6.45) is 6.87. The number of urea groups is 1. The van der Waals surface area contributed by atoms with Crippen molar-refractivity contribution < 1.29 is 14.1 Å². The summed E-state index contributed by atoms with van der Waals surface area (Å²) in [4.78, 5) is 35.3. The molecule has 2 aliphatic rings. The second-order valence-corrected chi connectivity index (χ2v) is 8.20. The molecule has 2 aromatic heterocycles. The fourth-order valence-electron chi connectivity index (χ4n) is 4.03. The number of aryl methyl sites for hydroxylation is 1. The molecule has 0 radical (unpaired) electrons. The monoisotopic (exact) mass is 426 g/mol. The van der Waals surface area contributed by atoms with Crippen molar-refractivity contribution in [3.8, 4) is 0 Å². The minimum absolute atomic E-state index is 0.126. The summed E-state index contributed by atoms with van der Waals surface area (Å²) in [6, 6.07) is 5.58. The number of aromatic nitrogens is 2. The number of carbonyl (C=O) groups is 2. The molecule has 0 unspecified atom stereocenters. The fraction of sp³-hybridized carbons (Fsp3) is 0.545. The average molecular weight is 427 g/mol. The lowest BCUT2D eigenvalue weighted by molar-refractivity contribution is 0.0624. The largest absolute Gasteiger partial charge is 0.357 e. The number of anilines is 1. The van der Waals surface area contributed by atoms with E-state index in [9.17, 15) is 9.59 Å². The van der Waals surface area contributed by atoms with E-state index in [0.29, 0.717) is 38.4 Å². The first-order valence-electron chi connectivity index (χ1n) is 11.1. The Morgan fingerprint density at radius 2 is 1.71 bits per heavy atom. The molecule has 4 heterocycles. The zero-order valence-corrected chi connectivity index (χ0v) is 18.0. The summed E-state index contributed by atoms with van der Waals surface area (Å²) in [5, 5.41) is 6.72. The number of piperazine rings is 1. The first-order valence-corrected chi connectivity index (χ1v) is 11.1. The van der Waals surface area contributed by atoms with Gasteiger partial charge in [0.25, 0.3) is 5.91 Å². The predicted molar refractivity (Wildman–Crippen MR) is 116 cm³/mol. The molecule has 0 bridgehead atoms. The molecule has 0 spiro atoms. The van der Waals surface area contributed by atoms with Crippen molar-refractivity contribution in [2.45, 2.75) is 39.2 Å². The summed E-state index contributed by atoms with van der Waals surface area (Å²) in [6.45, 7) is 6.24. The Morgan fingerprint density at radius 3 is 2.32 bits per heavy atom. The minimum atomic E-state index is -0.184. The third kappa shape index (κ3) is 5.34. The van der Waals surface area contributed by atoms with E-state index in [1.54, 1.807) is 22.8 Å². The van der Waals surface area contributed by atoms with Gasteiger partial charge in [0.05, 0.1) is 5.69 Å². The highest BCUT2D eigenvalue weighted by molar-refractivity contribution is 5.91. The third-order valence-corrected chi connectivity index (χ3v) is 5.88. The number of hydrogen-bond donors (Lipinski definition) is 1. The van der Waals surface area contributed by atoms with E-state index >= 15 is 0 Å². The molecule has 2 saturated heterocycles. The highest BCUT2D eigenvalue weighted by atomic mass is 16.5. The zero-order valence-electron chi connectivity index (χ0n) is 18.0. The van der Waals surface area contributed by atoms with Crippen molar-refractivity contribution in [2.75, 3.05) is 44.2 Å². The number of carbonyl (C=O) groups excluding carboxylic acids is 2. The van der Waals surface area contributed by atoms with Crippen LogP contribution in [-0.2, 0) is 6.54 Å². The molecule has 0 aliphatic carbocycles. The van der Waals surface area contributed by atoms with Crippen LogP contribution in [0.5, 0.6) is 0 Å². The van der Waals surface area contributed by atoms with Crippen LogP contribution in [0.1, 0.15) is 47.5 Å². The maximum Gasteiger partial charge on any atom is 0.317 e. The van der Waals surface area contributed by atoms with Crippen LogP contribution in [0.4, 0.5) is 10.6 Å². The van der Waals surface area contributed by atoms with Gasteiger partial charge in [-0.1, -0.05) is 24.1 Å². The van der Waals surface area contributed by atoms with Crippen molar-refractivity contribution in [2.24, 2.45) is 0 Å². The molecule has 9 heteroatoms. The fourth-order valence-corrected chi connectivity index (χ4v) is 4.03. The molecule has 0 saturated carbocycles. The Balaban J connectivity index is 1.22. The van der Waals surface area contributed by atoms with Gasteiger partial charge < -0.3 is 24.5 Å². The van der Waals surface area contributed by atoms with E-state index in [2.05, 4.69) is 20.4 Å². The number of rotatable bonds is 4. The Kier molecular flexibility index (Phi) is 6.69. The molecule has 31 heavy (non-hydrogen) atoms. The highest BCUT2D eigenvalue weighted by Crippen LogP contribution is 2.17. The normalized spacial score (nSPS) is 17.4. The van der Waals surface area contributed by atoms with Crippen molar-refractivity contribution in [1.82, 2.24) is 25.3 Å². The lowest BCUT2D eigenvalue weighted by Crippen LogP contribution is -2.53. The van der Waals surface area contributed by atoms with E-state index < -0.39 is 0 Å². The molecule has 4 rings (SSSR count). The number of hydrogen-bond acceptors (Lipinski definition) is 6. The maximum atomic E-state index is 12.5. The van der Waals surface area contributed by atoms with Gasteiger partial charge in [0, 0.05) is 58.1 Å². The molecule has 0 atom stereocenters. The van der Waals surface area contributed by atoms with Gasteiger partial charge in [0.15, 0.2) is 0 Å². The lowest BCUT2D eigenvalue weighted by Gasteiger charge is -2.34. The number of nitrogens with zero attached hydrogens (tertiary/aromatic N) is 5. The Bertz CT molecular complexity index is 881. The molecule has 0 aromatic carbocycles. The first kappa shape index (κ1) is 21.1. The van der Waals surface area contributed by atoms with Crippen LogP contribution in [0.25, 0.3) is 0 Å². The Hall–Kier alpha value is -3.10. The molecule has 2 aliphatic heterocycles. The summed E-state index contributed by atoms with van der Waals surface area (Å²) in [7, 11) is 0. The highest BCUT2D eigenvalue weighted by Gasteiger charge is 2.26. The van der Waals surface area contributed by atoms with Crippen LogP contribution in [0, 0.1) is 6.92 Å². The Labute approximate surface area is 182 Å². The van der Waals surface area contributed by atoms with Gasteiger partial charge in [-0.25, -0.2) is 9.78 Å². The van der Waals surface area contributed by atoms with Crippen molar-refractivity contribution in [1.29, 1.82) is 0 Å². The molecule has 2 aromatic rings. The zero-order chi connectivity index (χ0) is 21.6. The van der Waals surface area contributed by atoms with Crippen molar-refractivity contribution in [3.63, 3.8) is 0 Å². The van der Waals surface area contributed by atoms with E-state index in [4.69, 9.17) is 4.52 Å². The van der Waals surface area contributed by atoms with Crippen LogP contribution >= 0.6 is 0 Å². The smallest absolute Gasteiger partial charge is 0.317 e. The van der Waals surface area contributed by atoms with Crippen LogP contribution in [0.2, 0.25) is 0 Å². The first-order chi connectivity index (χ1) is 15.1. The molecule has 1 N–H and O–H groups in total. The van der Waals surface area contributed by atoms with E-state index in [1.165, 1.54) is 25.7 Å². The van der Waals surface area contributed by atoms with E-state index in [0.717, 1.165) is 24.5 Å². The Morgan fingerprint density at radius 1 is 1.00 bits per heavy atom. The molecule has 9 nitrogen and oxygen atoms in total. The molecular weight excluding hydrogens is 396 g/mol. The second kappa shape index (κ2) is 9.80. The van der Waals surface area contributed by atoms with Gasteiger partial charge in [-0.2, -0.15) is 0 Å². The SMILES string of the molecule is Cc1cc(C(=O)N2CCN(C(=O)NCc3ccc(N4CCCCCC4)nc3)CC2)on1. The summed E-state index contributed by atoms with van der Waals surface area (Å²) < 4.78 is 5.05. The summed E-state index contributed by atoms with van der Waals surface area (Å²) in [5.74, 6) is 1.07. The standard InChI is InChI=1S/C22H30N6O3/c1-17-14-19(31-25-17)21(29)27-10-12-28(13-11-27)22(30)24-16-18-6-7-20(23-15-18)26-8-4-2-3-5-9-26/h6-7,14-15H,2-5,8-13,16H2,1H3,(H,24,30). The van der Waals surface area contributed by atoms with Gasteiger partial charge >= 0.3 is 6.03 Å². The van der Waals surface area contributed by atoms with Gasteiger partial charge in [0.1, 0.15) is 5.82 Å². The van der Waals surface area contributed by atoms with Crippen molar-refractivity contribution in [3.05, 3.63) is 41.4 Å². The van der Waals surface area contributed by atoms with Crippen LogP contribution in [-0.4, -0.2) is 71.1 Å². The predicted octanol–water partition coefficient (Wildman–Crippen LogP) is 2.43. The van der Waals surface area contributed by atoms with Crippen LogP contribution < -0.4 is 10.2 Å². The summed E-state index contributed by atoms with van der Waals surface area (Å²) >= 11 is 0.